The van der Waals surface area contributed by atoms with Gasteiger partial charge in [0, 0.05) is 13.0 Å². The van der Waals surface area contributed by atoms with Gasteiger partial charge in [0.1, 0.15) is 10.4 Å². The number of hydrogen-bond donors (Lipinski definition) is 2. The van der Waals surface area contributed by atoms with Crippen molar-refractivity contribution in [1.82, 2.24) is 10.2 Å². The summed E-state index contributed by atoms with van der Waals surface area (Å²) in [6.45, 7) is 2.03. The van der Waals surface area contributed by atoms with Gasteiger partial charge in [-0.3, -0.25) is 14.5 Å². The number of hydrogen-bond acceptors (Lipinski definition) is 6. The Morgan fingerprint density at radius 1 is 1.33 bits per heavy atom. The number of thiocarbonyl (C=S) groups is 1. The summed E-state index contributed by atoms with van der Waals surface area (Å²) < 4.78 is 0.392. The molecule has 0 spiro atoms. The van der Waals surface area contributed by atoms with Crippen LogP contribution in [0.2, 0.25) is 0 Å². The highest BCUT2D eigenvalue weighted by atomic mass is 32.2. The molecular weight excluding hydrogens is 440 g/mol. The largest absolute Gasteiger partial charge is 0.480 e. The lowest BCUT2D eigenvalue weighted by atomic mass is 10.1. The number of carboxylic acid groups (broad SMARTS) is 1. The minimum Gasteiger partial charge on any atom is -0.480 e. The third-order valence-electron chi connectivity index (χ3n) is 4.23. The van der Waals surface area contributed by atoms with Crippen molar-refractivity contribution in [3.63, 3.8) is 0 Å². The van der Waals surface area contributed by atoms with Crippen LogP contribution in [0.5, 0.6) is 0 Å². The second-order valence-electron chi connectivity index (χ2n) is 6.62. The van der Waals surface area contributed by atoms with Gasteiger partial charge in [-0.1, -0.05) is 60.4 Å². The SMILES string of the molecule is CSCCC(NC(=O)CCN1C(=O)C(=CC(C)=Cc2ccccc2)SC1=S)C(=O)O. The van der Waals surface area contributed by atoms with E-state index in [9.17, 15) is 19.5 Å². The average molecular weight is 465 g/mol. The first kappa shape index (κ1) is 24.2. The molecule has 2 N–H and O–H groups in total. The molecule has 2 amide bonds. The molecule has 6 nitrogen and oxygen atoms in total. The summed E-state index contributed by atoms with van der Waals surface area (Å²) in [5.74, 6) is -1.09. The van der Waals surface area contributed by atoms with Crippen LogP contribution in [0.25, 0.3) is 6.08 Å². The number of benzene rings is 1. The number of allylic oxidation sites excluding steroid dienone is 2. The molecule has 0 saturated carbocycles. The monoisotopic (exact) mass is 464 g/mol. The van der Waals surface area contributed by atoms with Gasteiger partial charge in [0.25, 0.3) is 5.91 Å². The summed E-state index contributed by atoms with van der Waals surface area (Å²) in [7, 11) is 0. The zero-order valence-corrected chi connectivity index (χ0v) is 19.2. The number of carbonyl (C=O) groups excluding carboxylic acids is 2. The van der Waals surface area contributed by atoms with Crippen LogP contribution in [0.1, 0.15) is 25.3 Å². The van der Waals surface area contributed by atoms with Crippen molar-refractivity contribution in [1.29, 1.82) is 0 Å². The minimum absolute atomic E-state index is 0.0123. The van der Waals surface area contributed by atoms with E-state index >= 15 is 0 Å². The standard InChI is InChI=1S/C21H24N2O4S3/c1-14(12-15-6-4-3-5-7-15)13-17-19(25)23(21(28)30-17)10-8-18(24)22-16(20(26)27)9-11-29-2/h3-7,12-13,16H,8-11H2,1-2H3,(H,22,24)(H,26,27). The molecule has 1 aliphatic rings. The summed E-state index contributed by atoms with van der Waals surface area (Å²) in [5.41, 5.74) is 1.95. The molecule has 0 radical (unpaired) electrons. The Morgan fingerprint density at radius 3 is 2.67 bits per heavy atom. The van der Waals surface area contributed by atoms with E-state index in [-0.39, 0.29) is 18.9 Å². The molecule has 0 bridgehead atoms. The summed E-state index contributed by atoms with van der Waals surface area (Å²) >= 11 is 8.01. The van der Waals surface area contributed by atoms with Gasteiger partial charge in [0.15, 0.2) is 0 Å². The third-order valence-corrected chi connectivity index (χ3v) is 6.25. The van der Waals surface area contributed by atoms with Crippen molar-refractivity contribution in [2.75, 3.05) is 18.6 Å². The first-order valence-electron chi connectivity index (χ1n) is 9.31. The number of rotatable bonds is 10. The summed E-state index contributed by atoms with van der Waals surface area (Å²) in [5, 5.41) is 11.7. The van der Waals surface area contributed by atoms with Crippen LogP contribution in [0, 0.1) is 0 Å². The molecule has 0 aliphatic carbocycles. The number of aliphatic carboxylic acids is 1. The molecule has 1 atom stereocenters. The summed E-state index contributed by atoms with van der Waals surface area (Å²) in [4.78, 5) is 38.0. The highest BCUT2D eigenvalue weighted by Gasteiger charge is 2.32. The Balaban J connectivity index is 1.95. The van der Waals surface area contributed by atoms with Gasteiger partial charge in [-0.05, 0) is 42.6 Å². The van der Waals surface area contributed by atoms with E-state index in [0.29, 0.717) is 21.4 Å². The van der Waals surface area contributed by atoms with Crippen molar-refractivity contribution in [2.24, 2.45) is 0 Å². The van der Waals surface area contributed by atoms with Crippen LogP contribution in [-0.4, -0.2) is 56.7 Å². The highest BCUT2D eigenvalue weighted by Crippen LogP contribution is 2.32. The van der Waals surface area contributed by atoms with Crippen LogP contribution in [0.3, 0.4) is 0 Å². The Labute approximate surface area is 190 Å². The Morgan fingerprint density at radius 2 is 2.03 bits per heavy atom. The molecule has 1 fully saturated rings. The molecule has 9 heteroatoms. The average Bonchev–Trinajstić information content (AvgIpc) is 2.96. The van der Waals surface area contributed by atoms with Gasteiger partial charge < -0.3 is 10.4 Å². The molecule has 1 aliphatic heterocycles. The third kappa shape index (κ3) is 7.30. The number of nitrogens with one attached hydrogen (secondary N) is 1. The highest BCUT2D eigenvalue weighted by molar-refractivity contribution is 8.26. The van der Waals surface area contributed by atoms with E-state index in [0.717, 1.165) is 11.1 Å². The quantitative estimate of drug-likeness (QED) is 0.404. The maximum absolute atomic E-state index is 12.7. The molecular formula is C21H24N2O4S3. The molecule has 1 unspecified atom stereocenters. The van der Waals surface area contributed by atoms with Gasteiger partial charge in [-0.2, -0.15) is 11.8 Å². The fraction of sp³-hybridized carbons (Fsp3) is 0.333. The van der Waals surface area contributed by atoms with Gasteiger partial charge in [0.2, 0.25) is 5.91 Å². The predicted molar refractivity (Wildman–Crippen MR) is 127 cm³/mol. The summed E-state index contributed by atoms with van der Waals surface area (Å²) in [6.07, 6.45) is 5.97. The zero-order chi connectivity index (χ0) is 22.1. The van der Waals surface area contributed by atoms with E-state index in [1.54, 1.807) is 6.08 Å². The zero-order valence-electron chi connectivity index (χ0n) is 16.8. The first-order chi connectivity index (χ1) is 14.3. The normalized spacial score (nSPS) is 16.8. The van der Waals surface area contributed by atoms with Gasteiger partial charge in [-0.25, -0.2) is 4.79 Å². The lowest BCUT2D eigenvalue weighted by molar-refractivity contribution is -0.142. The van der Waals surface area contributed by atoms with Crippen molar-refractivity contribution in [3.05, 3.63) is 52.4 Å². The molecule has 1 aromatic carbocycles. The van der Waals surface area contributed by atoms with Gasteiger partial charge in [-0.15, -0.1) is 0 Å². The van der Waals surface area contributed by atoms with Crippen LogP contribution in [0.15, 0.2) is 46.9 Å². The van der Waals surface area contributed by atoms with Crippen molar-refractivity contribution in [2.45, 2.75) is 25.8 Å². The maximum atomic E-state index is 12.7. The van der Waals surface area contributed by atoms with Gasteiger partial charge >= 0.3 is 5.97 Å². The fourth-order valence-electron chi connectivity index (χ4n) is 2.73. The molecule has 1 aromatic rings. The Hall–Kier alpha value is -2.10. The van der Waals surface area contributed by atoms with Crippen molar-refractivity contribution >= 4 is 63.9 Å². The van der Waals surface area contributed by atoms with E-state index in [4.69, 9.17) is 12.2 Å². The lowest BCUT2D eigenvalue weighted by Gasteiger charge is -2.17. The molecule has 2 rings (SSSR count). The second kappa shape index (κ2) is 11.9. The molecule has 30 heavy (non-hydrogen) atoms. The topological polar surface area (TPSA) is 86.7 Å². The summed E-state index contributed by atoms with van der Waals surface area (Å²) in [6, 6.07) is 8.85. The fourth-order valence-corrected chi connectivity index (χ4v) is 4.56. The van der Waals surface area contributed by atoms with E-state index < -0.39 is 17.9 Å². The molecule has 160 valence electrons. The first-order valence-corrected chi connectivity index (χ1v) is 11.9. The molecule has 0 aromatic heterocycles. The molecule has 1 saturated heterocycles. The second-order valence-corrected chi connectivity index (χ2v) is 9.28. The van der Waals surface area contributed by atoms with Crippen LogP contribution >= 0.6 is 35.7 Å². The van der Waals surface area contributed by atoms with Crippen molar-refractivity contribution in [3.8, 4) is 0 Å². The Bertz CT molecular complexity index is 868. The van der Waals surface area contributed by atoms with Crippen LogP contribution in [-0.2, 0) is 14.4 Å². The predicted octanol–water partition coefficient (Wildman–Crippen LogP) is 3.55. The maximum Gasteiger partial charge on any atom is 0.326 e. The number of amides is 2. The lowest BCUT2D eigenvalue weighted by Crippen LogP contribution is -2.42. The number of carboxylic acids is 1. The van der Waals surface area contributed by atoms with E-state index in [1.165, 1.54) is 28.4 Å². The minimum atomic E-state index is -1.06. The smallest absolute Gasteiger partial charge is 0.326 e. The van der Waals surface area contributed by atoms with Crippen LogP contribution < -0.4 is 5.32 Å². The van der Waals surface area contributed by atoms with E-state index in [2.05, 4.69) is 5.32 Å². The van der Waals surface area contributed by atoms with Gasteiger partial charge in [0.05, 0.1) is 4.91 Å². The van der Waals surface area contributed by atoms with Crippen LogP contribution in [0.4, 0.5) is 0 Å². The number of carbonyl (C=O) groups is 3. The Kier molecular flexibility index (Phi) is 9.61. The number of thioether (sulfide) groups is 2. The van der Waals surface area contributed by atoms with Crippen molar-refractivity contribution < 1.29 is 19.5 Å². The van der Waals surface area contributed by atoms with E-state index in [1.807, 2.05) is 49.6 Å². The molecule has 1 heterocycles. The number of nitrogens with zero attached hydrogens (tertiary/aromatic N) is 1.